The standard InChI is InChI=1S/C15H14BrFO/c16-15(14-6-3-9-18-14)12-7-8-13(17)11-5-2-1-4-10(11)12/h1-2,4-5,7-8,14-15H,3,6,9H2. The number of hydrogen-bond acceptors (Lipinski definition) is 1. The Labute approximate surface area is 114 Å². The van der Waals surface area contributed by atoms with Crippen molar-refractivity contribution in [3.05, 3.63) is 47.8 Å². The van der Waals surface area contributed by atoms with Gasteiger partial charge in [-0.3, -0.25) is 0 Å². The molecule has 94 valence electrons. The number of benzene rings is 2. The smallest absolute Gasteiger partial charge is 0.131 e. The van der Waals surface area contributed by atoms with Gasteiger partial charge in [0.25, 0.3) is 0 Å². The van der Waals surface area contributed by atoms with Crippen LogP contribution in [-0.4, -0.2) is 12.7 Å². The van der Waals surface area contributed by atoms with Crippen LogP contribution in [0.2, 0.25) is 0 Å². The molecule has 0 aliphatic carbocycles. The van der Waals surface area contributed by atoms with Crippen LogP contribution in [0, 0.1) is 5.82 Å². The maximum atomic E-state index is 13.8. The summed E-state index contributed by atoms with van der Waals surface area (Å²) >= 11 is 3.71. The van der Waals surface area contributed by atoms with Crippen molar-refractivity contribution >= 4 is 26.7 Å². The highest BCUT2D eigenvalue weighted by atomic mass is 79.9. The highest BCUT2D eigenvalue weighted by Gasteiger charge is 2.26. The number of ether oxygens (including phenoxy) is 1. The molecular formula is C15H14BrFO. The van der Waals surface area contributed by atoms with Gasteiger partial charge in [0.2, 0.25) is 0 Å². The molecule has 1 heterocycles. The molecule has 0 amide bonds. The molecular weight excluding hydrogens is 295 g/mol. The summed E-state index contributed by atoms with van der Waals surface area (Å²) in [4.78, 5) is 0.130. The van der Waals surface area contributed by atoms with Crippen molar-refractivity contribution in [2.24, 2.45) is 0 Å². The Hall–Kier alpha value is -0.930. The Kier molecular flexibility index (Phi) is 3.35. The van der Waals surface area contributed by atoms with Gasteiger partial charge in [0, 0.05) is 12.0 Å². The molecule has 1 nitrogen and oxygen atoms in total. The zero-order valence-corrected chi connectivity index (χ0v) is 11.5. The number of alkyl halides is 1. The molecule has 0 aromatic heterocycles. The van der Waals surface area contributed by atoms with Crippen LogP contribution in [0.25, 0.3) is 10.8 Å². The van der Waals surface area contributed by atoms with Crippen LogP contribution >= 0.6 is 15.9 Å². The first-order chi connectivity index (χ1) is 8.77. The largest absolute Gasteiger partial charge is 0.377 e. The van der Waals surface area contributed by atoms with Crippen LogP contribution in [0.4, 0.5) is 4.39 Å². The number of halogens is 2. The number of hydrogen-bond donors (Lipinski definition) is 0. The zero-order chi connectivity index (χ0) is 12.5. The molecule has 1 aliphatic rings. The first-order valence-corrected chi connectivity index (χ1v) is 7.12. The fraction of sp³-hybridized carbons (Fsp3) is 0.333. The zero-order valence-electron chi connectivity index (χ0n) is 9.90. The van der Waals surface area contributed by atoms with Gasteiger partial charge in [-0.25, -0.2) is 4.39 Å². The number of rotatable bonds is 2. The molecule has 2 atom stereocenters. The molecule has 0 bridgehead atoms. The van der Waals surface area contributed by atoms with Gasteiger partial charge in [0.1, 0.15) is 5.82 Å². The summed E-state index contributed by atoms with van der Waals surface area (Å²) in [5, 5.41) is 1.65. The quantitative estimate of drug-likeness (QED) is 0.737. The van der Waals surface area contributed by atoms with Crippen molar-refractivity contribution in [1.29, 1.82) is 0 Å². The highest BCUT2D eigenvalue weighted by Crippen LogP contribution is 2.37. The van der Waals surface area contributed by atoms with E-state index in [2.05, 4.69) is 15.9 Å². The average molecular weight is 309 g/mol. The van der Waals surface area contributed by atoms with E-state index < -0.39 is 0 Å². The minimum Gasteiger partial charge on any atom is -0.377 e. The monoisotopic (exact) mass is 308 g/mol. The van der Waals surface area contributed by atoms with E-state index in [4.69, 9.17) is 4.74 Å². The van der Waals surface area contributed by atoms with E-state index in [1.54, 1.807) is 6.07 Å². The van der Waals surface area contributed by atoms with E-state index in [-0.39, 0.29) is 16.7 Å². The first-order valence-electron chi connectivity index (χ1n) is 6.20. The second kappa shape index (κ2) is 4.98. The lowest BCUT2D eigenvalue weighted by Gasteiger charge is -2.19. The first kappa shape index (κ1) is 12.1. The Bertz CT molecular complexity index is 563. The normalized spacial score (nSPS) is 21.3. The van der Waals surface area contributed by atoms with Crippen molar-refractivity contribution in [3.63, 3.8) is 0 Å². The van der Waals surface area contributed by atoms with E-state index >= 15 is 0 Å². The summed E-state index contributed by atoms with van der Waals surface area (Å²) in [7, 11) is 0. The summed E-state index contributed by atoms with van der Waals surface area (Å²) in [5.41, 5.74) is 1.11. The van der Waals surface area contributed by atoms with Crippen LogP contribution in [0.15, 0.2) is 36.4 Å². The second-order valence-electron chi connectivity index (χ2n) is 4.64. The summed E-state index contributed by atoms with van der Waals surface area (Å²) in [5.74, 6) is -0.165. The molecule has 2 aromatic carbocycles. The fourth-order valence-corrected chi connectivity index (χ4v) is 3.38. The maximum absolute atomic E-state index is 13.8. The van der Waals surface area contributed by atoms with Gasteiger partial charge >= 0.3 is 0 Å². The van der Waals surface area contributed by atoms with Crippen LogP contribution < -0.4 is 0 Å². The van der Waals surface area contributed by atoms with Gasteiger partial charge in [0.05, 0.1) is 10.9 Å². The van der Waals surface area contributed by atoms with E-state index in [0.717, 1.165) is 30.4 Å². The van der Waals surface area contributed by atoms with Gasteiger partial charge in [-0.2, -0.15) is 0 Å². The summed E-state index contributed by atoms with van der Waals surface area (Å²) < 4.78 is 19.5. The molecule has 0 saturated carbocycles. The lowest BCUT2D eigenvalue weighted by atomic mass is 9.98. The molecule has 2 aromatic rings. The Balaban J connectivity index is 2.08. The van der Waals surface area contributed by atoms with E-state index in [1.165, 1.54) is 0 Å². The van der Waals surface area contributed by atoms with Gasteiger partial charge in [-0.15, -0.1) is 0 Å². The van der Waals surface area contributed by atoms with E-state index in [9.17, 15) is 4.39 Å². The third-order valence-electron chi connectivity index (χ3n) is 3.49. The third kappa shape index (κ3) is 2.06. The molecule has 3 rings (SSSR count). The van der Waals surface area contributed by atoms with Crippen molar-refractivity contribution in [2.45, 2.75) is 23.8 Å². The van der Waals surface area contributed by atoms with Crippen LogP contribution in [0.3, 0.4) is 0 Å². The summed E-state index contributed by atoms with van der Waals surface area (Å²) in [6, 6.07) is 11.0. The highest BCUT2D eigenvalue weighted by molar-refractivity contribution is 9.09. The molecule has 1 fully saturated rings. The SMILES string of the molecule is Fc1ccc(C(Br)C2CCCO2)c2ccccc12. The van der Waals surface area contributed by atoms with Crippen molar-refractivity contribution < 1.29 is 9.13 Å². The van der Waals surface area contributed by atoms with Gasteiger partial charge < -0.3 is 4.74 Å². The minimum absolute atomic E-state index is 0.130. The molecule has 0 spiro atoms. The fourth-order valence-electron chi connectivity index (χ4n) is 2.56. The van der Waals surface area contributed by atoms with Crippen molar-refractivity contribution in [3.8, 4) is 0 Å². The van der Waals surface area contributed by atoms with Gasteiger partial charge in [0.15, 0.2) is 0 Å². The number of fused-ring (bicyclic) bond motifs is 1. The maximum Gasteiger partial charge on any atom is 0.131 e. The van der Waals surface area contributed by atoms with Crippen molar-refractivity contribution in [1.82, 2.24) is 0 Å². The molecule has 3 heteroatoms. The molecule has 0 N–H and O–H groups in total. The predicted octanol–water partition coefficient (Wildman–Crippen LogP) is 4.59. The van der Waals surface area contributed by atoms with E-state index in [1.807, 2.05) is 30.3 Å². The summed E-state index contributed by atoms with van der Waals surface area (Å²) in [6.07, 6.45) is 2.35. The Morgan fingerprint density at radius 1 is 1.17 bits per heavy atom. The molecule has 0 radical (unpaired) electrons. The lowest BCUT2D eigenvalue weighted by molar-refractivity contribution is 0.111. The molecule has 1 aliphatic heterocycles. The molecule has 18 heavy (non-hydrogen) atoms. The second-order valence-corrected chi connectivity index (χ2v) is 5.62. The van der Waals surface area contributed by atoms with Crippen LogP contribution in [0.5, 0.6) is 0 Å². The predicted molar refractivity (Wildman–Crippen MR) is 74.5 cm³/mol. The lowest BCUT2D eigenvalue weighted by Crippen LogP contribution is -2.12. The van der Waals surface area contributed by atoms with Crippen LogP contribution in [0.1, 0.15) is 23.2 Å². The van der Waals surface area contributed by atoms with Gasteiger partial charge in [-0.1, -0.05) is 46.3 Å². The Morgan fingerprint density at radius 3 is 2.67 bits per heavy atom. The van der Waals surface area contributed by atoms with Crippen LogP contribution in [-0.2, 0) is 4.74 Å². The van der Waals surface area contributed by atoms with Gasteiger partial charge in [-0.05, 0) is 29.9 Å². The van der Waals surface area contributed by atoms with E-state index in [0.29, 0.717) is 5.39 Å². The van der Waals surface area contributed by atoms with Crippen molar-refractivity contribution in [2.75, 3.05) is 6.61 Å². The third-order valence-corrected chi connectivity index (χ3v) is 4.58. The minimum atomic E-state index is -0.165. The summed E-state index contributed by atoms with van der Waals surface area (Å²) in [6.45, 7) is 0.825. The molecule has 2 unspecified atom stereocenters. The average Bonchev–Trinajstić information content (AvgIpc) is 2.93. The molecule has 1 saturated heterocycles. The Morgan fingerprint density at radius 2 is 1.94 bits per heavy atom. The topological polar surface area (TPSA) is 9.23 Å².